The first-order chi connectivity index (χ1) is 28.6. The Morgan fingerprint density at radius 2 is 1.22 bits per heavy atom. The number of amides is 6. The molecule has 0 aliphatic carbocycles. The van der Waals surface area contributed by atoms with Crippen molar-refractivity contribution in [2.45, 2.75) is 96.2 Å². The fraction of sp³-hybridized carbons (Fsp3) is 0.395. The van der Waals surface area contributed by atoms with Crippen molar-refractivity contribution in [3.05, 3.63) is 119 Å². The molecule has 0 aliphatic heterocycles. The summed E-state index contributed by atoms with van der Waals surface area (Å²) >= 11 is 6.11. The molecule has 8 N–H and O–H groups in total. The van der Waals surface area contributed by atoms with Crippen LogP contribution in [0.25, 0.3) is 0 Å². The van der Waals surface area contributed by atoms with Gasteiger partial charge in [0.2, 0.25) is 17.7 Å². The molecule has 0 fully saturated rings. The molecule has 0 saturated heterocycles. The molecule has 3 aromatic rings. The second kappa shape index (κ2) is 25.3. The van der Waals surface area contributed by atoms with Gasteiger partial charge in [0.1, 0.15) is 42.8 Å². The predicted octanol–water partition coefficient (Wildman–Crippen LogP) is 5.09. The lowest BCUT2D eigenvalue weighted by molar-refractivity contribution is -0.132. The van der Waals surface area contributed by atoms with E-state index in [0.717, 1.165) is 11.1 Å². The number of alkyl carbamates (subject to hydrolysis) is 3. The standard InChI is InChI=1S/C43H56ClN7O9/c1-29(48-41(56)58-27-31-18-9-6-10-19-31)46-25-15-23-35(51-42(57)60-43(2,3)4)38(53)50-36(26-30-16-7-5-8-17-30)39(54)49-34(37(45)52)22-13-14-24-47-40(55)59-28-32-20-11-12-21-33(32)44/h5-12,16-21,34-36,46H,1,13-15,22-28H2,2-4H3,(H2,45,52)(H,47,55)(H,48,56)(H,49,54)(H,50,53)(H,51,57)/t34-,35+,36-/m0/s1. The number of ether oxygens (including phenoxy) is 3. The van der Waals surface area contributed by atoms with E-state index in [1.807, 2.05) is 30.3 Å². The van der Waals surface area contributed by atoms with Crippen LogP contribution in [0.4, 0.5) is 14.4 Å². The molecule has 6 amide bonds. The van der Waals surface area contributed by atoms with Gasteiger partial charge in [-0.25, -0.2) is 14.4 Å². The summed E-state index contributed by atoms with van der Waals surface area (Å²) in [6.07, 6.45) is -0.730. The Kier molecular flexibility index (Phi) is 20.2. The summed E-state index contributed by atoms with van der Waals surface area (Å²) in [5.74, 6) is -1.96. The van der Waals surface area contributed by atoms with E-state index >= 15 is 0 Å². The number of unbranched alkanes of at least 4 members (excludes halogenated alkanes) is 1. The molecular formula is C43H56ClN7O9. The minimum Gasteiger partial charge on any atom is -0.445 e. The number of benzene rings is 3. The lowest BCUT2D eigenvalue weighted by Gasteiger charge is -2.26. The summed E-state index contributed by atoms with van der Waals surface area (Å²) in [5, 5.41) is 16.6. The highest BCUT2D eigenvalue weighted by Gasteiger charge is 2.30. The highest BCUT2D eigenvalue weighted by molar-refractivity contribution is 6.31. The van der Waals surface area contributed by atoms with Gasteiger partial charge in [0, 0.05) is 30.1 Å². The van der Waals surface area contributed by atoms with Crippen molar-refractivity contribution in [1.82, 2.24) is 31.9 Å². The number of carbonyl (C=O) groups is 6. The molecule has 3 rings (SSSR count). The fourth-order valence-electron chi connectivity index (χ4n) is 5.55. The minimum atomic E-state index is -1.18. The van der Waals surface area contributed by atoms with Crippen LogP contribution in [0, 0.1) is 0 Å². The van der Waals surface area contributed by atoms with Crippen molar-refractivity contribution in [3.8, 4) is 0 Å². The summed E-state index contributed by atoms with van der Waals surface area (Å²) in [5.41, 5.74) is 7.01. The third-order valence-corrected chi connectivity index (χ3v) is 8.93. The molecule has 0 unspecified atom stereocenters. The maximum absolute atomic E-state index is 13.9. The average molecular weight is 850 g/mol. The molecular weight excluding hydrogens is 794 g/mol. The smallest absolute Gasteiger partial charge is 0.413 e. The van der Waals surface area contributed by atoms with Crippen molar-refractivity contribution in [3.63, 3.8) is 0 Å². The van der Waals surface area contributed by atoms with Gasteiger partial charge in [-0.15, -0.1) is 0 Å². The van der Waals surface area contributed by atoms with E-state index in [4.69, 9.17) is 31.5 Å². The van der Waals surface area contributed by atoms with Crippen LogP contribution in [0.5, 0.6) is 0 Å². The average Bonchev–Trinajstić information content (AvgIpc) is 3.20. The Bertz CT molecular complexity index is 1880. The summed E-state index contributed by atoms with van der Waals surface area (Å²) in [6, 6.07) is 21.7. The highest BCUT2D eigenvalue weighted by Crippen LogP contribution is 2.16. The zero-order chi connectivity index (χ0) is 43.9. The molecule has 3 aromatic carbocycles. The maximum Gasteiger partial charge on any atom is 0.413 e. The Balaban J connectivity index is 1.58. The Morgan fingerprint density at radius 3 is 1.87 bits per heavy atom. The van der Waals surface area contributed by atoms with Crippen molar-refractivity contribution < 1.29 is 43.0 Å². The van der Waals surface area contributed by atoms with Crippen molar-refractivity contribution in [2.75, 3.05) is 13.1 Å². The van der Waals surface area contributed by atoms with Crippen LogP contribution in [0.1, 0.15) is 69.6 Å². The van der Waals surface area contributed by atoms with Crippen LogP contribution in [0.2, 0.25) is 5.02 Å². The van der Waals surface area contributed by atoms with Crippen molar-refractivity contribution >= 4 is 47.6 Å². The second-order valence-corrected chi connectivity index (χ2v) is 15.1. The summed E-state index contributed by atoms with van der Waals surface area (Å²) in [6.45, 7) is 9.37. The zero-order valence-corrected chi connectivity index (χ0v) is 35.0. The van der Waals surface area contributed by atoms with Gasteiger partial charge in [-0.1, -0.05) is 97.0 Å². The number of hydrogen-bond donors (Lipinski definition) is 7. The van der Waals surface area contributed by atoms with E-state index in [-0.39, 0.29) is 51.4 Å². The molecule has 324 valence electrons. The number of nitrogens with one attached hydrogen (secondary N) is 6. The fourth-order valence-corrected chi connectivity index (χ4v) is 5.74. The van der Waals surface area contributed by atoms with Gasteiger partial charge in [0.05, 0.1) is 0 Å². The minimum absolute atomic E-state index is 0.000433. The molecule has 0 aliphatic rings. The summed E-state index contributed by atoms with van der Waals surface area (Å²) < 4.78 is 15.8. The SMILES string of the molecule is C=C(NCCC[C@@H](NC(=O)OC(C)(C)C)C(=O)N[C@@H](Cc1ccccc1)C(=O)N[C@@H](CCCCNC(=O)OCc1ccccc1Cl)C(N)=O)NC(=O)OCc1ccccc1. The number of carbonyl (C=O) groups excluding carboxylic acids is 6. The van der Waals surface area contributed by atoms with Crippen LogP contribution >= 0.6 is 11.6 Å². The number of halogens is 1. The first-order valence-electron chi connectivity index (χ1n) is 19.6. The van der Waals surface area contributed by atoms with Gasteiger partial charge >= 0.3 is 18.3 Å². The van der Waals surface area contributed by atoms with E-state index in [1.54, 1.807) is 75.4 Å². The van der Waals surface area contributed by atoms with Crippen LogP contribution < -0.4 is 37.6 Å². The quantitative estimate of drug-likeness (QED) is 0.0494. The highest BCUT2D eigenvalue weighted by atomic mass is 35.5. The first-order valence-corrected chi connectivity index (χ1v) is 20.0. The largest absolute Gasteiger partial charge is 0.445 e. The maximum atomic E-state index is 13.9. The van der Waals surface area contributed by atoms with Gasteiger partial charge in [-0.3, -0.25) is 19.7 Å². The van der Waals surface area contributed by atoms with E-state index < -0.39 is 59.7 Å². The van der Waals surface area contributed by atoms with E-state index in [1.165, 1.54) is 0 Å². The van der Waals surface area contributed by atoms with Crippen LogP contribution in [0.3, 0.4) is 0 Å². The lowest BCUT2D eigenvalue weighted by atomic mass is 10.0. The van der Waals surface area contributed by atoms with Gasteiger partial charge in [-0.2, -0.15) is 0 Å². The number of primary amides is 1. The molecule has 17 heteroatoms. The Morgan fingerprint density at radius 1 is 0.650 bits per heavy atom. The first kappa shape index (κ1) is 48.1. The van der Waals surface area contributed by atoms with Crippen molar-refractivity contribution in [1.29, 1.82) is 0 Å². The monoisotopic (exact) mass is 849 g/mol. The molecule has 0 saturated carbocycles. The van der Waals surface area contributed by atoms with E-state index in [2.05, 4.69) is 38.5 Å². The number of hydrogen-bond acceptors (Lipinski definition) is 10. The van der Waals surface area contributed by atoms with E-state index in [9.17, 15) is 28.8 Å². The van der Waals surface area contributed by atoms with Crippen LogP contribution in [-0.2, 0) is 48.2 Å². The zero-order valence-electron chi connectivity index (χ0n) is 34.2. The Labute approximate surface area is 355 Å². The molecule has 60 heavy (non-hydrogen) atoms. The molecule has 0 aromatic heterocycles. The van der Waals surface area contributed by atoms with Gasteiger partial charge in [-0.05, 0) is 70.1 Å². The number of nitrogens with two attached hydrogens (primary N) is 1. The van der Waals surface area contributed by atoms with Gasteiger partial charge in [0.15, 0.2) is 0 Å². The molecule has 0 bridgehead atoms. The molecule has 0 spiro atoms. The van der Waals surface area contributed by atoms with Crippen LogP contribution in [-0.4, -0.2) is 72.8 Å². The van der Waals surface area contributed by atoms with Crippen LogP contribution in [0.15, 0.2) is 97.3 Å². The second-order valence-electron chi connectivity index (χ2n) is 14.7. The molecule has 0 heterocycles. The third-order valence-electron chi connectivity index (χ3n) is 8.56. The third kappa shape index (κ3) is 19.4. The van der Waals surface area contributed by atoms with Gasteiger partial charge < -0.3 is 46.5 Å². The molecule has 3 atom stereocenters. The molecule has 16 nitrogen and oxygen atoms in total. The summed E-state index contributed by atoms with van der Waals surface area (Å²) in [4.78, 5) is 77.3. The molecule has 0 radical (unpaired) electrons. The predicted molar refractivity (Wildman–Crippen MR) is 226 cm³/mol. The Hall–Kier alpha value is -6.29. The van der Waals surface area contributed by atoms with E-state index in [0.29, 0.717) is 29.8 Å². The normalized spacial score (nSPS) is 12.3. The summed E-state index contributed by atoms with van der Waals surface area (Å²) in [7, 11) is 0. The topological polar surface area (TPSA) is 228 Å². The number of rotatable bonds is 23. The van der Waals surface area contributed by atoms with Crippen molar-refractivity contribution in [2.24, 2.45) is 5.73 Å². The van der Waals surface area contributed by atoms with Gasteiger partial charge in [0.25, 0.3) is 0 Å². The lowest BCUT2D eigenvalue weighted by Crippen LogP contribution is -2.57.